The fourth-order valence-electron chi connectivity index (χ4n) is 4.54. The summed E-state index contributed by atoms with van der Waals surface area (Å²) in [6.45, 7) is 4.34. The van der Waals surface area contributed by atoms with Crippen LogP contribution in [0, 0.1) is 12.8 Å². The van der Waals surface area contributed by atoms with Crippen molar-refractivity contribution in [1.82, 2.24) is 9.80 Å². The highest BCUT2D eigenvalue weighted by Gasteiger charge is 2.49. The molecule has 1 aromatic rings. The highest BCUT2D eigenvalue weighted by Crippen LogP contribution is 2.51. The van der Waals surface area contributed by atoms with Gasteiger partial charge >= 0.3 is 0 Å². The molecule has 3 aliphatic rings. The number of nitrogens with zero attached hydrogens (tertiary/aromatic N) is 2. The molecule has 1 aliphatic carbocycles. The number of carbonyl (C=O) groups is 1. The average Bonchev–Trinajstić information content (AvgIpc) is 2.84. The number of aryl methyl sites for hydroxylation is 1. The lowest BCUT2D eigenvalue weighted by atomic mass is 10.0. The maximum atomic E-state index is 13.0. The first-order valence-electron chi connectivity index (χ1n) is 8.72. The molecule has 3 heterocycles. The Kier molecular flexibility index (Phi) is 3.77. The van der Waals surface area contributed by atoms with Crippen LogP contribution < -0.4 is 0 Å². The van der Waals surface area contributed by atoms with Gasteiger partial charge in [0.1, 0.15) is 0 Å². The molecule has 3 nitrogen and oxygen atoms in total. The summed E-state index contributed by atoms with van der Waals surface area (Å²) in [5.74, 6) is 1.22. The summed E-state index contributed by atoms with van der Waals surface area (Å²) >= 11 is 1.87. The minimum absolute atomic E-state index is 0.269. The molecule has 0 aromatic carbocycles. The molecule has 22 heavy (non-hydrogen) atoms. The van der Waals surface area contributed by atoms with Crippen LogP contribution in [0.25, 0.3) is 0 Å². The average molecular weight is 318 g/mol. The summed E-state index contributed by atoms with van der Waals surface area (Å²) in [6.07, 6.45) is 6.03. The predicted octanol–water partition coefficient (Wildman–Crippen LogP) is 3.25. The van der Waals surface area contributed by atoms with Gasteiger partial charge in [-0.2, -0.15) is 0 Å². The minimum atomic E-state index is 0.269. The van der Waals surface area contributed by atoms with Gasteiger partial charge in [-0.05, 0) is 64.8 Å². The number of rotatable bonds is 3. The molecule has 0 bridgehead atoms. The number of hydrogen-bond acceptors (Lipinski definition) is 3. The van der Waals surface area contributed by atoms with Crippen molar-refractivity contribution in [3.05, 3.63) is 21.9 Å². The Hall–Kier alpha value is -0.870. The Bertz CT molecular complexity index is 569. The monoisotopic (exact) mass is 318 g/mol. The number of hydrogen-bond donors (Lipinski definition) is 0. The Morgan fingerprint density at radius 3 is 2.64 bits per heavy atom. The molecule has 4 atom stereocenters. The molecule has 4 rings (SSSR count). The van der Waals surface area contributed by atoms with Crippen molar-refractivity contribution in [3.8, 4) is 0 Å². The SMILES string of the molecule is Cc1ccc(C2CC2C(=O)N2CCCC2C2CCCN2C)s1. The van der Waals surface area contributed by atoms with Crippen LogP contribution in [0.5, 0.6) is 0 Å². The van der Waals surface area contributed by atoms with Crippen LogP contribution in [0.15, 0.2) is 12.1 Å². The first-order chi connectivity index (χ1) is 10.6. The van der Waals surface area contributed by atoms with Gasteiger partial charge in [-0.1, -0.05) is 0 Å². The third kappa shape index (κ3) is 2.50. The first-order valence-corrected chi connectivity index (χ1v) is 9.54. The lowest BCUT2D eigenvalue weighted by Crippen LogP contribution is -2.47. The summed E-state index contributed by atoms with van der Waals surface area (Å²) in [5, 5.41) is 0. The van der Waals surface area contributed by atoms with E-state index in [-0.39, 0.29) is 5.92 Å². The zero-order valence-corrected chi connectivity index (χ0v) is 14.4. The molecule has 0 N–H and O–H groups in total. The van der Waals surface area contributed by atoms with E-state index in [0.29, 0.717) is 23.9 Å². The van der Waals surface area contributed by atoms with Crippen molar-refractivity contribution in [3.63, 3.8) is 0 Å². The number of amides is 1. The number of likely N-dealkylation sites (N-methyl/N-ethyl adjacent to an activating group) is 1. The molecule has 1 saturated carbocycles. The van der Waals surface area contributed by atoms with E-state index in [1.54, 1.807) is 0 Å². The second-order valence-corrected chi connectivity index (χ2v) is 8.65. The third-order valence-electron chi connectivity index (χ3n) is 5.84. The summed E-state index contributed by atoms with van der Waals surface area (Å²) in [7, 11) is 2.23. The van der Waals surface area contributed by atoms with E-state index in [9.17, 15) is 4.79 Å². The number of thiophene rings is 1. The molecular weight excluding hydrogens is 292 g/mol. The Balaban J connectivity index is 1.44. The van der Waals surface area contributed by atoms with Crippen molar-refractivity contribution in [2.75, 3.05) is 20.1 Å². The van der Waals surface area contributed by atoms with E-state index in [1.165, 1.54) is 42.0 Å². The fourth-order valence-corrected chi connectivity index (χ4v) is 5.59. The van der Waals surface area contributed by atoms with Gasteiger partial charge in [0.15, 0.2) is 0 Å². The van der Waals surface area contributed by atoms with Crippen molar-refractivity contribution < 1.29 is 4.79 Å². The zero-order valence-electron chi connectivity index (χ0n) is 13.6. The Morgan fingerprint density at radius 1 is 1.18 bits per heavy atom. The molecule has 4 heteroatoms. The van der Waals surface area contributed by atoms with Crippen LogP contribution in [-0.2, 0) is 4.79 Å². The van der Waals surface area contributed by atoms with Crippen molar-refractivity contribution in [2.45, 2.75) is 57.0 Å². The normalized spacial score (nSPS) is 35.3. The van der Waals surface area contributed by atoms with Gasteiger partial charge in [0, 0.05) is 40.2 Å². The largest absolute Gasteiger partial charge is 0.338 e. The van der Waals surface area contributed by atoms with E-state index in [4.69, 9.17) is 0 Å². The standard InChI is InChI=1S/C18H26N2OS/c1-12-7-8-17(22-12)13-11-14(13)18(21)20-10-4-6-16(20)15-5-3-9-19(15)2/h7-8,13-16H,3-6,9-11H2,1-2H3. The smallest absolute Gasteiger partial charge is 0.226 e. The van der Waals surface area contributed by atoms with E-state index < -0.39 is 0 Å². The number of likely N-dealkylation sites (tertiary alicyclic amines) is 2. The lowest BCUT2D eigenvalue weighted by molar-refractivity contribution is -0.134. The van der Waals surface area contributed by atoms with Gasteiger partial charge in [-0.25, -0.2) is 0 Å². The first kappa shape index (κ1) is 14.7. The molecule has 4 unspecified atom stereocenters. The van der Waals surface area contributed by atoms with Gasteiger partial charge in [0.05, 0.1) is 0 Å². The molecule has 0 radical (unpaired) electrons. The molecular formula is C18H26N2OS. The van der Waals surface area contributed by atoms with Gasteiger partial charge in [0.25, 0.3) is 0 Å². The highest BCUT2D eigenvalue weighted by atomic mass is 32.1. The molecule has 1 amide bonds. The topological polar surface area (TPSA) is 23.6 Å². The minimum Gasteiger partial charge on any atom is -0.338 e. The van der Waals surface area contributed by atoms with Crippen LogP contribution in [0.2, 0.25) is 0 Å². The van der Waals surface area contributed by atoms with Gasteiger partial charge < -0.3 is 9.80 Å². The maximum absolute atomic E-state index is 13.0. The maximum Gasteiger partial charge on any atom is 0.226 e. The highest BCUT2D eigenvalue weighted by molar-refractivity contribution is 7.12. The van der Waals surface area contributed by atoms with Crippen molar-refractivity contribution in [2.24, 2.45) is 5.92 Å². The van der Waals surface area contributed by atoms with Crippen molar-refractivity contribution >= 4 is 17.2 Å². The molecule has 2 saturated heterocycles. The molecule has 120 valence electrons. The van der Waals surface area contributed by atoms with Crippen LogP contribution in [0.3, 0.4) is 0 Å². The third-order valence-corrected chi connectivity index (χ3v) is 6.97. The summed E-state index contributed by atoms with van der Waals surface area (Å²) < 4.78 is 0. The van der Waals surface area contributed by atoms with E-state index in [2.05, 4.69) is 35.9 Å². The summed E-state index contributed by atoms with van der Waals surface area (Å²) in [4.78, 5) is 20.5. The van der Waals surface area contributed by atoms with Crippen LogP contribution in [0.4, 0.5) is 0 Å². The van der Waals surface area contributed by atoms with E-state index in [0.717, 1.165) is 13.0 Å². The zero-order chi connectivity index (χ0) is 15.3. The molecule has 3 fully saturated rings. The summed E-state index contributed by atoms with van der Waals surface area (Å²) in [6, 6.07) is 5.50. The quantitative estimate of drug-likeness (QED) is 0.854. The van der Waals surface area contributed by atoms with Gasteiger partial charge in [0.2, 0.25) is 5.91 Å². The number of carbonyl (C=O) groups excluding carboxylic acids is 1. The predicted molar refractivity (Wildman–Crippen MR) is 90.3 cm³/mol. The Morgan fingerprint density at radius 2 is 1.95 bits per heavy atom. The summed E-state index contributed by atoms with van der Waals surface area (Å²) in [5.41, 5.74) is 0. The van der Waals surface area contributed by atoms with Crippen LogP contribution in [0.1, 0.15) is 47.8 Å². The van der Waals surface area contributed by atoms with E-state index in [1.807, 2.05) is 11.3 Å². The lowest BCUT2D eigenvalue weighted by Gasteiger charge is -2.33. The second kappa shape index (κ2) is 5.64. The van der Waals surface area contributed by atoms with Gasteiger partial charge in [-0.15, -0.1) is 11.3 Å². The fraction of sp³-hybridized carbons (Fsp3) is 0.722. The second-order valence-electron chi connectivity index (χ2n) is 7.33. The molecule has 2 aliphatic heterocycles. The molecule has 1 aromatic heterocycles. The van der Waals surface area contributed by atoms with E-state index >= 15 is 0 Å². The van der Waals surface area contributed by atoms with Crippen LogP contribution in [-0.4, -0.2) is 47.9 Å². The van der Waals surface area contributed by atoms with Crippen LogP contribution >= 0.6 is 11.3 Å². The Labute approximate surface area is 137 Å². The van der Waals surface area contributed by atoms with Gasteiger partial charge in [-0.3, -0.25) is 4.79 Å². The van der Waals surface area contributed by atoms with Crippen molar-refractivity contribution in [1.29, 1.82) is 0 Å². The molecule has 0 spiro atoms.